The van der Waals surface area contributed by atoms with E-state index in [2.05, 4.69) is 57.2 Å². The molecule has 0 fully saturated rings. The lowest BCUT2D eigenvalue weighted by Crippen LogP contribution is -2.30. The number of carbonyl (C=O) groups is 3. The average Bonchev–Trinajstić information content (AvgIpc) is 3.22. The fourth-order valence-corrected chi connectivity index (χ4v) is 5.75. The van der Waals surface area contributed by atoms with Gasteiger partial charge < -0.3 is 14.2 Å². The first-order valence-electron chi connectivity index (χ1n) is 23.0. The van der Waals surface area contributed by atoms with E-state index >= 15 is 0 Å². The molecule has 0 radical (unpaired) electrons. The van der Waals surface area contributed by atoms with Crippen LogP contribution >= 0.6 is 0 Å². The van der Waals surface area contributed by atoms with Crippen molar-refractivity contribution in [2.75, 3.05) is 13.2 Å². The third kappa shape index (κ3) is 43.2. The molecule has 326 valence electrons. The molecule has 0 heterocycles. The van der Waals surface area contributed by atoms with Crippen LogP contribution in [0, 0.1) is 0 Å². The number of allylic oxidation sites excluding steroid dienone is 18. The predicted molar refractivity (Wildman–Crippen MR) is 247 cm³/mol. The minimum absolute atomic E-state index is 0.117. The molecule has 0 rings (SSSR count). The molecule has 0 aromatic heterocycles. The largest absolute Gasteiger partial charge is 0.462 e. The summed E-state index contributed by atoms with van der Waals surface area (Å²) in [6.45, 7) is 6.24. The number of hydrogen-bond acceptors (Lipinski definition) is 6. The molecule has 0 bridgehead atoms. The van der Waals surface area contributed by atoms with Gasteiger partial charge >= 0.3 is 17.9 Å². The number of rotatable bonds is 39. The summed E-state index contributed by atoms with van der Waals surface area (Å²) in [5.74, 6) is -1.02. The van der Waals surface area contributed by atoms with Gasteiger partial charge in [0.2, 0.25) is 0 Å². The van der Waals surface area contributed by atoms with E-state index in [-0.39, 0.29) is 37.5 Å². The number of ether oxygens (including phenoxy) is 3. The number of carbonyl (C=O) groups excluding carboxylic acids is 3. The first-order valence-corrected chi connectivity index (χ1v) is 23.0. The molecule has 0 aromatic carbocycles. The lowest BCUT2D eigenvalue weighted by Gasteiger charge is -2.18. The third-order valence-corrected chi connectivity index (χ3v) is 9.18. The minimum atomic E-state index is -0.821. The summed E-state index contributed by atoms with van der Waals surface area (Å²) in [6.07, 6.45) is 60.7. The maximum absolute atomic E-state index is 12.7. The Morgan fingerprint density at radius 3 is 1.10 bits per heavy atom. The van der Waals surface area contributed by atoms with Gasteiger partial charge in [-0.1, -0.05) is 188 Å². The van der Waals surface area contributed by atoms with E-state index in [9.17, 15) is 14.4 Å². The molecule has 1 unspecified atom stereocenters. The van der Waals surface area contributed by atoms with Crippen molar-refractivity contribution in [2.45, 2.75) is 187 Å². The average molecular weight is 803 g/mol. The van der Waals surface area contributed by atoms with E-state index in [1.807, 2.05) is 72.9 Å². The maximum atomic E-state index is 12.7. The smallest absolute Gasteiger partial charge is 0.306 e. The molecule has 0 saturated carbocycles. The molecule has 0 saturated heterocycles. The zero-order valence-electron chi connectivity index (χ0n) is 37.0. The van der Waals surface area contributed by atoms with Crippen LogP contribution in [0.1, 0.15) is 181 Å². The fourth-order valence-electron chi connectivity index (χ4n) is 5.75. The van der Waals surface area contributed by atoms with E-state index in [1.54, 1.807) is 0 Å². The Kier molecular flexibility index (Phi) is 42.7. The van der Waals surface area contributed by atoms with Gasteiger partial charge in [-0.25, -0.2) is 0 Å². The lowest BCUT2D eigenvalue weighted by atomic mass is 10.1. The van der Waals surface area contributed by atoms with Crippen molar-refractivity contribution in [2.24, 2.45) is 0 Å². The van der Waals surface area contributed by atoms with Crippen LogP contribution < -0.4 is 0 Å². The van der Waals surface area contributed by atoms with Crippen LogP contribution in [0.5, 0.6) is 0 Å². The van der Waals surface area contributed by atoms with Crippen molar-refractivity contribution >= 4 is 17.9 Å². The Labute approximate surface area is 355 Å². The van der Waals surface area contributed by atoms with Gasteiger partial charge in [0, 0.05) is 19.3 Å². The van der Waals surface area contributed by atoms with Crippen molar-refractivity contribution in [3.63, 3.8) is 0 Å². The predicted octanol–water partition coefficient (Wildman–Crippen LogP) is 14.8. The molecule has 0 aliphatic carbocycles. The third-order valence-electron chi connectivity index (χ3n) is 9.18. The highest BCUT2D eigenvalue weighted by Crippen LogP contribution is 2.12. The molecular weight excluding hydrogens is 721 g/mol. The SMILES string of the molecule is CC/C=C/C=C/C=C/C=C/CCCCCC(=O)OCC(COC(=O)CCCCC/C=C/CCCCCCCCC)OC(=O)CCCCC/C=C/C=C/C=C/C=C/CC. The monoisotopic (exact) mass is 803 g/mol. The van der Waals surface area contributed by atoms with E-state index in [1.165, 1.54) is 44.9 Å². The van der Waals surface area contributed by atoms with E-state index in [0.717, 1.165) is 89.9 Å². The number of hydrogen-bond donors (Lipinski definition) is 0. The Hall–Kier alpha value is -3.93. The molecular formula is C52H82O6. The summed E-state index contributed by atoms with van der Waals surface area (Å²) in [6, 6.07) is 0. The highest BCUT2D eigenvalue weighted by atomic mass is 16.6. The topological polar surface area (TPSA) is 78.9 Å². The first-order chi connectivity index (χ1) is 28.5. The van der Waals surface area contributed by atoms with Crippen LogP contribution in [-0.2, 0) is 28.6 Å². The highest BCUT2D eigenvalue weighted by molar-refractivity contribution is 5.71. The molecule has 0 spiro atoms. The Morgan fingerprint density at radius 1 is 0.362 bits per heavy atom. The van der Waals surface area contributed by atoms with Crippen LogP contribution in [0.3, 0.4) is 0 Å². The second-order valence-electron chi connectivity index (χ2n) is 14.7. The van der Waals surface area contributed by atoms with Crippen molar-refractivity contribution in [3.05, 3.63) is 109 Å². The molecule has 0 aliphatic heterocycles. The first kappa shape index (κ1) is 54.1. The van der Waals surface area contributed by atoms with Gasteiger partial charge in [0.25, 0.3) is 0 Å². The van der Waals surface area contributed by atoms with Gasteiger partial charge in [0.1, 0.15) is 13.2 Å². The van der Waals surface area contributed by atoms with Crippen LogP contribution in [0.2, 0.25) is 0 Å². The summed E-state index contributed by atoms with van der Waals surface area (Å²) < 4.78 is 16.6. The van der Waals surface area contributed by atoms with Gasteiger partial charge in [0.05, 0.1) is 0 Å². The number of unbranched alkanes of at least 4 members (excludes halogenated alkanes) is 16. The van der Waals surface area contributed by atoms with Crippen molar-refractivity contribution in [1.82, 2.24) is 0 Å². The van der Waals surface area contributed by atoms with Gasteiger partial charge in [0.15, 0.2) is 6.10 Å². The lowest BCUT2D eigenvalue weighted by molar-refractivity contribution is -0.167. The van der Waals surface area contributed by atoms with E-state index in [0.29, 0.717) is 19.3 Å². The molecule has 58 heavy (non-hydrogen) atoms. The van der Waals surface area contributed by atoms with Gasteiger partial charge in [-0.05, 0) is 83.5 Å². The Bertz CT molecular complexity index is 1240. The maximum Gasteiger partial charge on any atom is 0.306 e. The molecule has 0 N–H and O–H groups in total. The van der Waals surface area contributed by atoms with E-state index in [4.69, 9.17) is 14.2 Å². The summed E-state index contributed by atoms with van der Waals surface area (Å²) in [5, 5.41) is 0. The summed E-state index contributed by atoms with van der Waals surface area (Å²) in [5.41, 5.74) is 0. The standard InChI is InChI=1S/C52H82O6/c1-4-7-10-13-16-19-22-25-28-30-33-36-39-42-45-51(54)57-48-49(58-52(55)46-43-40-37-34-31-27-24-21-18-15-12-9-6-3)47-56-50(53)44-41-38-35-32-29-26-23-20-17-14-11-8-5-2/h8-9,11-12,14-15,17-18,20-21,23-24,26-31,49H,4-7,10,13,16,19,22,25,32-48H2,1-3H3/b11-8+,12-9+,17-14+,18-15+,23-20+,24-21+,29-26+,30-28+,31-27+. The van der Waals surface area contributed by atoms with Crippen molar-refractivity contribution in [3.8, 4) is 0 Å². The zero-order valence-corrected chi connectivity index (χ0v) is 37.0. The molecule has 0 aromatic rings. The van der Waals surface area contributed by atoms with Crippen LogP contribution in [0.25, 0.3) is 0 Å². The van der Waals surface area contributed by atoms with Gasteiger partial charge in [-0.15, -0.1) is 0 Å². The van der Waals surface area contributed by atoms with Gasteiger partial charge in [-0.2, -0.15) is 0 Å². The highest BCUT2D eigenvalue weighted by Gasteiger charge is 2.19. The fraction of sp³-hybridized carbons (Fsp3) is 0.596. The summed E-state index contributed by atoms with van der Waals surface area (Å²) in [7, 11) is 0. The molecule has 0 amide bonds. The molecule has 6 nitrogen and oxygen atoms in total. The van der Waals surface area contributed by atoms with Crippen LogP contribution in [0.4, 0.5) is 0 Å². The Morgan fingerprint density at radius 2 is 0.690 bits per heavy atom. The molecule has 6 heteroatoms. The summed E-state index contributed by atoms with van der Waals surface area (Å²) >= 11 is 0. The van der Waals surface area contributed by atoms with Crippen molar-refractivity contribution < 1.29 is 28.6 Å². The zero-order chi connectivity index (χ0) is 42.3. The van der Waals surface area contributed by atoms with Gasteiger partial charge in [-0.3, -0.25) is 14.4 Å². The normalized spacial score (nSPS) is 13.1. The minimum Gasteiger partial charge on any atom is -0.462 e. The molecule has 0 aliphatic rings. The second-order valence-corrected chi connectivity index (χ2v) is 14.7. The van der Waals surface area contributed by atoms with Crippen LogP contribution in [0.15, 0.2) is 109 Å². The van der Waals surface area contributed by atoms with Crippen molar-refractivity contribution in [1.29, 1.82) is 0 Å². The Balaban J connectivity index is 4.56. The van der Waals surface area contributed by atoms with Crippen LogP contribution in [-0.4, -0.2) is 37.2 Å². The second kappa shape index (κ2) is 45.8. The quantitative estimate of drug-likeness (QED) is 0.0202. The van der Waals surface area contributed by atoms with E-state index < -0.39 is 6.10 Å². The summed E-state index contributed by atoms with van der Waals surface area (Å²) in [4.78, 5) is 37.8. The molecule has 1 atom stereocenters. The number of esters is 3.